The average Bonchev–Trinajstić information content (AvgIpc) is 2.07. The summed E-state index contributed by atoms with van der Waals surface area (Å²) in [5.74, 6) is 0.856. The minimum Gasteiger partial charge on any atom is -0.314 e. The van der Waals surface area contributed by atoms with Gasteiger partial charge in [-0.3, -0.25) is 0 Å². The summed E-state index contributed by atoms with van der Waals surface area (Å²) in [5, 5.41) is 0. The summed E-state index contributed by atoms with van der Waals surface area (Å²) in [6.45, 7) is 6.97. The minimum atomic E-state index is 0.856. The number of hydrogen-bond acceptors (Lipinski definition) is 0. The fourth-order valence-electron chi connectivity index (χ4n) is 2.15. The van der Waals surface area contributed by atoms with E-state index in [2.05, 4.69) is 34.9 Å². The molecule has 1 rings (SSSR count). The second kappa shape index (κ2) is 1.72. The lowest BCUT2D eigenvalue weighted by molar-refractivity contribution is -0.784. The molecule has 1 fully saturated rings. The third-order valence-corrected chi connectivity index (χ3v) is 2.91. The highest BCUT2D eigenvalue weighted by Gasteiger charge is 2.58. The van der Waals surface area contributed by atoms with Crippen LogP contribution in [0.1, 0.15) is 20.8 Å². The van der Waals surface area contributed by atoms with Gasteiger partial charge in [0.05, 0.1) is 14.1 Å². The van der Waals surface area contributed by atoms with E-state index in [0.29, 0.717) is 0 Å². The first kappa shape index (κ1) is 7.07. The van der Waals surface area contributed by atoms with Gasteiger partial charge >= 0.3 is 0 Å². The van der Waals surface area contributed by atoms with Crippen LogP contribution < -0.4 is 0 Å². The first-order valence-corrected chi connectivity index (χ1v) is 3.81. The fraction of sp³-hybridized carbons (Fsp3) is 1.00. The largest absolute Gasteiger partial charge is 0.314 e. The highest BCUT2D eigenvalue weighted by atomic mass is 15.5. The summed E-state index contributed by atoms with van der Waals surface area (Å²) in [4.78, 5) is 0. The molecule has 0 bridgehead atoms. The molecule has 1 heteroatoms. The molecule has 1 nitrogen and oxygen atoms in total. The second-order valence-electron chi connectivity index (χ2n) is 4.10. The van der Waals surface area contributed by atoms with E-state index in [1.165, 1.54) is 4.48 Å². The smallest absolute Gasteiger partial charge is 0.143 e. The van der Waals surface area contributed by atoms with E-state index in [1.807, 2.05) is 0 Å². The standard InChI is InChI=1S/C8H18N/c1-6(2)8-7(3)9(8,4)5/h6-8H,1-5H3/q+1. The fourth-order valence-corrected chi connectivity index (χ4v) is 2.15. The lowest BCUT2D eigenvalue weighted by atomic mass is 10.1. The molecule has 2 unspecified atom stereocenters. The Morgan fingerprint density at radius 2 is 1.56 bits per heavy atom. The van der Waals surface area contributed by atoms with Crippen LogP contribution in [0.3, 0.4) is 0 Å². The zero-order chi connectivity index (χ0) is 7.23. The summed E-state index contributed by atoms with van der Waals surface area (Å²) in [6.07, 6.45) is 0. The average molecular weight is 128 g/mol. The van der Waals surface area contributed by atoms with Crippen LogP contribution in [-0.4, -0.2) is 30.7 Å². The number of quaternary nitrogens is 1. The third kappa shape index (κ3) is 0.877. The highest BCUT2D eigenvalue weighted by molar-refractivity contribution is 4.83. The SMILES string of the molecule is CC(C)C1C(C)[N+]1(C)C. The van der Waals surface area contributed by atoms with E-state index in [0.717, 1.165) is 18.0 Å². The molecule has 0 N–H and O–H groups in total. The molecule has 0 aromatic heterocycles. The van der Waals surface area contributed by atoms with Gasteiger partial charge in [0.15, 0.2) is 0 Å². The molecule has 0 saturated carbocycles. The van der Waals surface area contributed by atoms with Gasteiger partial charge in [-0.1, -0.05) is 13.8 Å². The van der Waals surface area contributed by atoms with E-state index in [1.54, 1.807) is 0 Å². The number of rotatable bonds is 1. The molecule has 2 atom stereocenters. The van der Waals surface area contributed by atoms with Crippen LogP contribution in [0.5, 0.6) is 0 Å². The molecule has 0 aromatic rings. The van der Waals surface area contributed by atoms with Crippen molar-refractivity contribution < 1.29 is 4.48 Å². The van der Waals surface area contributed by atoms with Crippen LogP contribution in [0.4, 0.5) is 0 Å². The van der Waals surface area contributed by atoms with Crippen molar-refractivity contribution in [2.45, 2.75) is 32.9 Å². The van der Waals surface area contributed by atoms with Crippen molar-refractivity contribution in [1.82, 2.24) is 0 Å². The van der Waals surface area contributed by atoms with Crippen LogP contribution >= 0.6 is 0 Å². The lowest BCUT2D eigenvalue weighted by Crippen LogP contribution is -2.20. The van der Waals surface area contributed by atoms with Crippen molar-refractivity contribution >= 4 is 0 Å². The molecule has 9 heavy (non-hydrogen) atoms. The van der Waals surface area contributed by atoms with Crippen molar-refractivity contribution in [2.75, 3.05) is 14.1 Å². The highest BCUT2D eigenvalue weighted by Crippen LogP contribution is 2.39. The Balaban J connectivity index is 2.52. The predicted octanol–water partition coefficient (Wildman–Crippen LogP) is 1.49. The summed E-state index contributed by atoms with van der Waals surface area (Å²) in [6, 6.07) is 1.81. The maximum Gasteiger partial charge on any atom is 0.143 e. The number of hydrogen-bond donors (Lipinski definition) is 0. The van der Waals surface area contributed by atoms with Gasteiger partial charge in [-0.05, 0) is 6.92 Å². The summed E-state index contributed by atoms with van der Waals surface area (Å²) in [5.41, 5.74) is 0. The molecule has 1 aliphatic heterocycles. The summed E-state index contributed by atoms with van der Waals surface area (Å²) >= 11 is 0. The molecule has 0 spiro atoms. The Morgan fingerprint density at radius 1 is 1.22 bits per heavy atom. The van der Waals surface area contributed by atoms with E-state index >= 15 is 0 Å². The van der Waals surface area contributed by atoms with Crippen LogP contribution in [-0.2, 0) is 0 Å². The molecule has 1 aliphatic rings. The number of nitrogens with zero attached hydrogens (tertiary/aromatic N) is 1. The van der Waals surface area contributed by atoms with Gasteiger partial charge in [0.2, 0.25) is 0 Å². The summed E-state index contributed by atoms with van der Waals surface area (Å²) < 4.78 is 1.23. The van der Waals surface area contributed by atoms with Crippen LogP contribution in [0, 0.1) is 5.92 Å². The first-order valence-electron chi connectivity index (χ1n) is 3.81. The van der Waals surface area contributed by atoms with Crippen molar-refractivity contribution in [2.24, 2.45) is 5.92 Å². The van der Waals surface area contributed by atoms with E-state index < -0.39 is 0 Å². The minimum absolute atomic E-state index is 0.856. The topological polar surface area (TPSA) is 0 Å². The Labute approximate surface area is 58.3 Å². The first-order chi connectivity index (χ1) is 3.98. The van der Waals surface area contributed by atoms with Gasteiger partial charge in [-0.15, -0.1) is 0 Å². The van der Waals surface area contributed by atoms with Crippen LogP contribution in [0.15, 0.2) is 0 Å². The molecular weight excluding hydrogens is 110 g/mol. The Kier molecular flexibility index (Phi) is 1.35. The zero-order valence-electron chi connectivity index (χ0n) is 7.18. The third-order valence-electron chi connectivity index (χ3n) is 2.91. The van der Waals surface area contributed by atoms with Crippen LogP contribution in [0.2, 0.25) is 0 Å². The molecule has 0 radical (unpaired) electrons. The van der Waals surface area contributed by atoms with Crippen molar-refractivity contribution in [3.63, 3.8) is 0 Å². The molecule has 1 saturated heterocycles. The molecule has 0 amide bonds. The van der Waals surface area contributed by atoms with Crippen molar-refractivity contribution in [1.29, 1.82) is 0 Å². The van der Waals surface area contributed by atoms with Crippen molar-refractivity contribution in [3.8, 4) is 0 Å². The van der Waals surface area contributed by atoms with Gasteiger partial charge < -0.3 is 4.48 Å². The van der Waals surface area contributed by atoms with Gasteiger partial charge in [0.25, 0.3) is 0 Å². The lowest BCUT2D eigenvalue weighted by Gasteiger charge is -2.07. The normalized spacial score (nSPS) is 39.3. The zero-order valence-corrected chi connectivity index (χ0v) is 7.18. The Morgan fingerprint density at radius 3 is 1.56 bits per heavy atom. The van der Waals surface area contributed by atoms with E-state index in [9.17, 15) is 0 Å². The van der Waals surface area contributed by atoms with Crippen molar-refractivity contribution in [3.05, 3.63) is 0 Å². The van der Waals surface area contributed by atoms with E-state index in [4.69, 9.17) is 0 Å². The molecular formula is C8H18N+. The predicted molar refractivity (Wildman–Crippen MR) is 40.2 cm³/mol. The molecule has 54 valence electrons. The Bertz CT molecular complexity index is 116. The second-order valence-corrected chi connectivity index (χ2v) is 4.10. The quantitative estimate of drug-likeness (QED) is 0.371. The van der Waals surface area contributed by atoms with Gasteiger partial charge in [0.1, 0.15) is 12.1 Å². The molecule has 0 aromatic carbocycles. The monoisotopic (exact) mass is 128 g/mol. The summed E-state index contributed by atoms with van der Waals surface area (Å²) in [7, 11) is 4.63. The maximum atomic E-state index is 2.34. The van der Waals surface area contributed by atoms with Gasteiger partial charge in [0, 0.05) is 5.92 Å². The Hall–Kier alpha value is -0.0400. The van der Waals surface area contributed by atoms with Gasteiger partial charge in [-0.2, -0.15) is 0 Å². The van der Waals surface area contributed by atoms with Gasteiger partial charge in [-0.25, -0.2) is 0 Å². The van der Waals surface area contributed by atoms with Crippen LogP contribution in [0.25, 0.3) is 0 Å². The molecule has 0 aliphatic carbocycles. The van der Waals surface area contributed by atoms with E-state index in [-0.39, 0.29) is 0 Å². The maximum absolute atomic E-state index is 2.34. The number of likely N-dealkylation sites (N-methyl/N-ethyl adjacent to an activating group) is 1. The molecule has 1 heterocycles.